The number of rotatable bonds is 9. The Morgan fingerprint density at radius 3 is 2.50 bits per heavy atom. The van der Waals surface area contributed by atoms with Gasteiger partial charge in [-0.25, -0.2) is 9.97 Å². The number of amides is 1. The highest BCUT2D eigenvalue weighted by Crippen LogP contribution is 2.39. The molecule has 1 saturated carbocycles. The van der Waals surface area contributed by atoms with E-state index in [0.717, 1.165) is 104 Å². The van der Waals surface area contributed by atoms with Crippen LogP contribution in [0.15, 0.2) is 52.9 Å². The van der Waals surface area contributed by atoms with Crippen molar-refractivity contribution in [3.8, 4) is 28.7 Å². The third kappa shape index (κ3) is 7.02. The van der Waals surface area contributed by atoms with Gasteiger partial charge in [-0.1, -0.05) is 35.9 Å². The average Bonchev–Trinajstić information content (AvgIpc) is 3.92. The molecule has 5 aromatic rings. The number of carboxylic acid groups (broad SMARTS) is 1. The highest BCUT2D eigenvalue weighted by Gasteiger charge is 2.30. The van der Waals surface area contributed by atoms with Gasteiger partial charge in [0, 0.05) is 56.5 Å². The zero-order valence-electron chi connectivity index (χ0n) is 30.7. The van der Waals surface area contributed by atoms with Crippen molar-refractivity contribution in [1.82, 2.24) is 24.3 Å². The standard InChI is InChI=1S/C42H44ClN7O4/c1-25-30(7-5-8-31(25)41-47-34-20-27(23-49-16-3-4-17-49)19-29(21-44)38(34)54-41)32-9-6-10-33(37(32)43)46-40(51)39-45-35-24-50(18-15-36(35)48(39)2)22-26-11-13-28(14-12-26)42(52)53/h5-10,19-20,26,28H,3-4,11-18,22-24H2,1-2H3,(H,46,51)(H,52,53)/t26-,28-. The summed E-state index contributed by atoms with van der Waals surface area (Å²) in [6.45, 7) is 7.37. The topological polar surface area (TPSA) is 141 Å². The maximum Gasteiger partial charge on any atom is 0.306 e. The van der Waals surface area contributed by atoms with Gasteiger partial charge in [0.15, 0.2) is 11.4 Å². The summed E-state index contributed by atoms with van der Waals surface area (Å²) in [4.78, 5) is 39.6. The van der Waals surface area contributed by atoms with Gasteiger partial charge in [-0.15, -0.1) is 0 Å². The fraction of sp³-hybridized carbons (Fsp3) is 0.405. The summed E-state index contributed by atoms with van der Waals surface area (Å²) >= 11 is 7.05. The minimum atomic E-state index is -0.679. The number of hydrogen-bond acceptors (Lipinski definition) is 8. The Morgan fingerprint density at radius 1 is 1.00 bits per heavy atom. The van der Waals surface area contributed by atoms with Gasteiger partial charge >= 0.3 is 5.97 Å². The maximum absolute atomic E-state index is 13.7. The van der Waals surface area contributed by atoms with Crippen molar-refractivity contribution in [2.24, 2.45) is 18.9 Å². The molecule has 3 aromatic carbocycles. The van der Waals surface area contributed by atoms with Gasteiger partial charge in [0.1, 0.15) is 11.6 Å². The molecule has 11 nitrogen and oxygen atoms in total. The Labute approximate surface area is 319 Å². The fourth-order valence-electron chi connectivity index (χ4n) is 8.65. The lowest BCUT2D eigenvalue weighted by Gasteiger charge is -2.33. The van der Waals surface area contributed by atoms with E-state index >= 15 is 0 Å². The molecule has 1 saturated heterocycles. The summed E-state index contributed by atoms with van der Waals surface area (Å²) in [5, 5.41) is 22.8. The quantitative estimate of drug-likeness (QED) is 0.155. The molecule has 3 aliphatic rings. The molecule has 8 rings (SSSR count). The van der Waals surface area contributed by atoms with Gasteiger partial charge < -0.3 is 19.4 Å². The molecule has 278 valence electrons. The molecule has 2 aromatic heterocycles. The van der Waals surface area contributed by atoms with Gasteiger partial charge in [0.25, 0.3) is 5.91 Å². The Bertz CT molecular complexity index is 2290. The Morgan fingerprint density at radius 2 is 1.74 bits per heavy atom. The van der Waals surface area contributed by atoms with Gasteiger partial charge in [-0.3, -0.25) is 19.4 Å². The highest BCUT2D eigenvalue weighted by molar-refractivity contribution is 6.36. The lowest BCUT2D eigenvalue weighted by Crippen LogP contribution is -2.36. The molecule has 0 bridgehead atoms. The van der Waals surface area contributed by atoms with Crippen molar-refractivity contribution >= 4 is 40.3 Å². The fourth-order valence-corrected chi connectivity index (χ4v) is 8.93. The molecule has 0 unspecified atom stereocenters. The van der Waals surface area contributed by atoms with Crippen LogP contribution in [0.3, 0.4) is 0 Å². The molecule has 2 N–H and O–H groups in total. The molecular weight excluding hydrogens is 702 g/mol. The minimum absolute atomic E-state index is 0.216. The number of carboxylic acids is 1. The van der Waals surface area contributed by atoms with Crippen molar-refractivity contribution in [2.75, 3.05) is 31.5 Å². The van der Waals surface area contributed by atoms with Crippen LogP contribution < -0.4 is 5.32 Å². The zero-order valence-corrected chi connectivity index (χ0v) is 31.5. The number of likely N-dealkylation sites (tertiary alicyclic amines) is 1. The second-order valence-corrected chi connectivity index (χ2v) is 15.5. The van der Waals surface area contributed by atoms with Crippen molar-refractivity contribution in [3.63, 3.8) is 0 Å². The number of halogens is 1. The van der Waals surface area contributed by atoms with Crippen molar-refractivity contribution in [1.29, 1.82) is 5.26 Å². The SMILES string of the molecule is Cc1c(-c2nc3cc(CN4CCCC4)cc(C#N)c3o2)cccc1-c1cccc(NC(=O)c2nc3c(n2C)CCN(C[C@H]2CC[C@H](C(=O)O)CC2)C3)c1Cl. The average molecular weight is 746 g/mol. The number of oxazole rings is 1. The number of anilines is 1. The van der Waals surface area contributed by atoms with Gasteiger partial charge in [0.05, 0.1) is 27.9 Å². The summed E-state index contributed by atoms with van der Waals surface area (Å²) in [5.41, 5.74) is 8.43. The van der Waals surface area contributed by atoms with Crippen LogP contribution in [0.5, 0.6) is 0 Å². The number of aromatic nitrogens is 3. The predicted molar refractivity (Wildman–Crippen MR) is 207 cm³/mol. The zero-order chi connectivity index (χ0) is 37.5. The second-order valence-electron chi connectivity index (χ2n) is 15.1. The number of fused-ring (bicyclic) bond motifs is 2. The molecule has 0 atom stereocenters. The first-order chi connectivity index (χ1) is 26.2. The molecular formula is C42H44ClN7O4. The van der Waals surface area contributed by atoms with E-state index in [2.05, 4.69) is 21.2 Å². The maximum atomic E-state index is 13.7. The number of nitrogens with one attached hydrogen (secondary N) is 1. The number of imidazole rings is 1. The molecule has 1 amide bonds. The largest absolute Gasteiger partial charge is 0.481 e. The van der Waals surface area contributed by atoms with E-state index in [1.165, 1.54) is 12.8 Å². The summed E-state index contributed by atoms with van der Waals surface area (Å²) in [7, 11) is 1.89. The molecule has 12 heteroatoms. The Kier molecular flexibility index (Phi) is 10.0. The van der Waals surface area contributed by atoms with Crippen LogP contribution in [0.1, 0.15) is 77.2 Å². The first-order valence-corrected chi connectivity index (χ1v) is 19.3. The monoisotopic (exact) mass is 745 g/mol. The van der Waals surface area contributed by atoms with Crippen molar-refractivity contribution in [2.45, 2.75) is 65.0 Å². The first kappa shape index (κ1) is 36.0. The second kappa shape index (κ2) is 15.0. The lowest BCUT2D eigenvalue weighted by atomic mass is 9.81. The van der Waals surface area contributed by atoms with E-state index in [1.807, 2.05) is 61.0 Å². The van der Waals surface area contributed by atoms with Crippen LogP contribution in [0, 0.1) is 30.1 Å². The Hall–Kier alpha value is -5.02. The third-order valence-corrected chi connectivity index (χ3v) is 12.0. The van der Waals surface area contributed by atoms with E-state index in [4.69, 9.17) is 26.0 Å². The van der Waals surface area contributed by atoms with E-state index in [1.54, 1.807) is 6.07 Å². The van der Waals surface area contributed by atoms with Gasteiger partial charge in [-0.05, 0) is 105 Å². The molecule has 0 spiro atoms. The molecule has 54 heavy (non-hydrogen) atoms. The normalized spacial score (nSPS) is 19.1. The molecule has 2 fully saturated rings. The van der Waals surface area contributed by atoms with E-state index in [9.17, 15) is 20.0 Å². The lowest BCUT2D eigenvalue weighted by molar-refractivity contribution is -0.143. The number of nitriles is 1. The number of nitrogens with zero attached hydrogens (tertiary/aromatic N) is 6. The smallest absolute Gasteiger partial charge is 0.306 e. The Balaban J connectivity index is 0.997. The van der Waals surface area contributed by atoms with Crippen LogP contribution >= 0.6 is 11.6 Å². The van der Waals surface area contributed by atoms with Crippen LogP contribution in [-0.4, -0.2) is 67.5 Å². The summed E-state index contributed by atoms with van der Waals surface area (Å²) in [6.07, 6.45) is 6.53. The van der Waals surface area contributed by atoms with E-state index in [-0.39, 0.29) is 11.8 Å². The van der Waals surface area contributed by atoms with E-state index < -0.39 is 5.97 Å². The number of hydrogen-bond donors (Lipinski definition) is 2. The van der Waals surface area contributed by atoms with Crippen LogP contribution in [0.4, 0.5) is 5.69 Å². The van der Waals surface area contributed by atoms with E-state index in [0.29, 0.717) is 51.6 Å². The molecule has 1 aliphatic carbocycles. The summed E-state index contributed by atoms with van der Waals surface area (Å²) < 4.78 is 8.15. The van der Waals surface area contributed by atoms with Crippen LogP contribution in [0.25, 0.3) is 33.7 Å². The first-order valence-electron chi connectivity index (χ1n) is 18.9. The summed E-state index contributed by atoms with van der Waals surface area (Å²) in [6, 6.07) is 17.7. The predicted octanol–water partition coefficient (Wildman–Crippen LogP) is 7.83. The number of carbonyl (C=O) groups is 2. The van der Waals surface area contributed by atoms with Crippen LogP contribution in [0.2, 0.25) is 5.02 Å². The van der Waals surface area contributed by atoms with Gasteiger partial charge in [-0.2, -0.15) is 5.26 Å². The molecule has 2 aliphatic heterocycles. The number of carbonyl (C=O) groups excluding carboxylic acids is 1. The highest BCUT2D eigenvalue weighted by atomic mass is 35.5. The van der Waals surface area contributed by atoms with Crippen molar-refractivity contribution in [3.05, 3.63) is 87.5 Å². The minimum Gasteiger partial charge on any atom is -0.481 e. The number of aliphatic carboxylic acids is 1. The van der Waals surface area contributed by atoms with Crippen LogP contribution in [-0.2, 0) is 31.4 Å². The third-order valence-electron chi connectivity index (χ3n) is 11.6. The number of benzene rings is 3. The molecule has 4 heterocycles. The van der Waals surface area contributed by atoms with Gasteiger partial charge in [0.2, 0.25) is 5.89 Å². The summed E-state index contributed by atoms with van der Waals surface area (Å²) in [5.74, 6) is 0.0204. The molecule has 0 radical (unpaired) electrons. The van der Waals surface area contributed by atoms with Crippen molar-refractivity contribution < 1.29 is 19.1 Å².